The average molecular weight is 240 g/mol. The van der Waals surface area contributed by atoms with Gasteiger partial charge in [-0.05, 0) is 26.0 Å². The molecular weight excluding hydrogens is 227 g/mol. The van der Waals surface area contributed by atoms with E-state index in [1.165, 1.54) is 13.0 Å². The fourth-order valence-corrected chi connectivity index (χ4v) is 1.25. The van der Waals surface area contributed by atoms with Crippen LogP contribution in [0.25, 0.3) is 0 Å². The fourth-order valence-electron chi connectivity index (χ4n) is 1.25. The van der Waals surface area contributed by atoms with Gasteiger partial charge in [0.1, 0.15) is 11.6 Å². The third kappa shape index (κ3) is 3.86. The molecular formula is C12H13FO4. The van der Waals surface area contributed by atoms with Gasteiger partial charge in [-0.15, -0.1) is 0 Å². The van der Waals surface area contributed by atoms with Crippen molar-refractivity contribution in [1.29, 1.82) is 0 Å². The van der Waals surface area contributed by atoms with Crippen LogP contribution in [-0.4, -0.2) is 25.0 Å². The van der Waals surface area contributed by atoms with Crippen molar-refractivity contribution in [2.24, 2.45) is 0 Å². The van der Waals surface area contributed by atoms with Gasteiger partial charge in [0.15, 0.2) is 12.4 Å². The zero-order valence-electron chi connectivity index (χ0n) is 9.66. The summed E-state index contributed by atoms with van der Waals surface area (Å²) < 4.78 is 22.7. The Labute approximate surface area is 98.3 Å². The lowest BCUT2D eigenvalue weighted by Gasteiger charge is -2.09. The van der Waals surface area contributed by atoms with Crippen LogP contribution < -0.4 is 4.74 Å². The zero-order valence-corrected chi connectivity index (χ0v) is 9.66. The lowest BCUT2D eigenvalue weighted by molar-refractivity contribution is -0.145. The summed E-state index contributed by atoms with van der Waals surface area (Å²) in [4.78, 5) is 22.3. The summed E-state index contributed by atoms with van der Waals surface area (Å²) in [6.07, 6.45) is 0. The van der Waals surface area contributed by atoms with E-state index in [2.05, 4.69) is 4.74 Å². The maximum atomic E-state index is 13.0. The van der Waals surface area contributed by atoms with Crippen molar-refractivity contribution in [2.75, 3.05) is 13.2 Å². The molecule has 5 heteroatoms. The molecule has 0 radical (unpaired) electrons. The van der Waals surface area contributed by atoms with Crippen LogP contribution in [0.4, 0.5) is 4.39 Å². The Kier molecular flexibility index (Phi) is 4.63. The molecule has 0 amide bonds. The number of ether oxygens (including phenoxy) is 2. The molecule has 0 atom stereocenters. The first-order chi connectivity index (χ1) is 8.04. The minimum absolute atomic E-state index is 0.0468. The third-order valence-corrected chi connectivity index (χ3v) is 1.97. The van der Waals surface area contributed by atoms with Crippen LogP contribution in [-0.2, 0) is 9.53 Å². The molecule has 0 aliphatic carbocycles. The van der Waals surface area contributed by atoms with Gasteiger partial charge in [-0.2, -0.15) is 0 Å². The normalized spacial score (nSPS) is 9.82. The summed E-state index contributed by atoms with van der Waals surface area (Å²) in [6, 6.07) is 3.54. The molecule has 0 bridgehead atoms. The number of rotatable bonds is 5. The van der Waals surface area contributed by atoms with Crippen LogP contribution in [0, 0.1) is 5.82 Å². The summed E-state index contributed by atoms with van der Waals surface area (Å²) in [5.41, 5.74) is 0.232. The van der Waals surface area contributed by atoms with Crippen molar-refractivity contribution < 1.29 is 23.5 Å². The average Bonchev–Trinajstić information content (AvgIpc) is 2.26. The van der Waals surface area contributed by atoms with Crippen molar-refractivity contribution >= 4 is 11.8 Å². The predicted molar refractivity (Wildman–Crippen MR) is 58.5 cm³/mol. The van der Waals surface area contributed by atoms with Crippen LogP contribution in [0.3, 0.4) is 0 Å². The van der Waals surface area contributed by atoms with E-state index in [1.54, 1.807) is 6.92 Å². The summed E-state index contributed by atoms with van der Waals surface area (Å²) in [6.45, 7) is 2.90. The van der Waals surface area contributed by atoms with E-state index in [0.29, 0.717) is 0 Å². The first-order valence-corrected chi connectivity index (χ1v) is 5.13. The van der Waals surface area contributed by atoms with Gasteiger partial charge < -0.3 is 9.47 Å². The lowest BCUT2D eigenvalue weighted by Crippen LogP contribution is -2.15. The molecule has 4 nitrogen and oxygen atoms in total. The van der Waals surface area contributed by atoms with E-state index in [1.807, 2.05) is 0 Å². The Bertz CT molecular complexity index is 429. The molecule has 17 heavy (non-hydrogen) atoms. The van der Waals surface area contributed by atoms with E-state index >= 15 is 0 Å². The predicted octanol–water partition coefficient (Wildman–Crippen LogP) is 1.97. The summed E-state index contributed by atoms with van der Waals surface area (Å²) in [5, 5.41) is 0. The number of esters is 1. The molecule has 1 aromatic carbocycles. The third-order valence-electron chi connectivity index (χ3n) is 1.97. The lowest BCUT2D eigenvalue weighted by atomic mass is 10.1. The Morgan fingerprint density at radius 3 is 2.65 bits per heavy atom. The smallest absolute Gasteiger partial charge is 0.344 e. The number of carbonyl (C=O) groups excluding carboxylic acids is 2. The zero-order chi connectivity index (χ0) is 12.8. The second-order valence-electron chi connectivity index (χ2n) is 3.29. The number of ketones is 1. The summed E-state index contributed by atoms with van der Waals surface area (Å²) in [7, 11) is 0. The van der Waals surface area contributed by atoms with Crippen LogP contribution in [0.2, 0.25) is 0 Å². The number of benzene rings is 1. The second-order valence-corrected chi connectivity index (χ2v) is 3.29. The highest BCUT2D eigenvalue weighted by atomic mass is 19.1. The molecule has 92 valence electrons. The van der Waals surface area contributed by atoms with Gasteiger partial charge in [0.2, 0.25) is 0 Å². The number of hydrogen-bond donors (Lipinski definition) is 0. The highest BCUT2D eigenvalue weighted by Gasteiger charge is 2.11. The summed E-state index contributed by atoms with van der Waals surface area (Å²) >= 11 is 0. The molecule has 0 fully saturated rings. The number of halogens is 1. The van der Waals surface area contributed by atoms with E-state index in [0.717, 1.165) is 12.1 Å². The number of hydrogen-bond acceptors (Lipinski definition) is 4. The van der Waals surface area contributed by atoms with Gasteiger partial charge in [0.05, 0.1) is 12.2 Å². The maximum Gasteiger partial charge on any atom is 0.344 e. The molecule has 0 unspecified atom stereocenters. The second kappa shape index (κ2) is 5.98. The van der Waals surface area contributed by atoms with Crippen LogP contribution >= 0.6 is 0 Å². The van der Waals surface area contributed by atoms with Crippen molar-refractivity contribution in [1.82, 2.24) is 0 Å². The van der Waals surface area contributed by atoms with E-state index < -0.39 is 11.8 Å². The first-order valence-electron chi connectivity index (χ1n) is 5.13. The van der Waals surface area contributed by atoms with E-state index in [4.69, 9.17) is 4.74 Å². The molecule has 0 saturated heterocycles. The van der Waals surface area contributed by atoms with Gasteiger partial charge >= 0.3 is 5.97 Å². The number of carbonyl (C=O) groups is 2. The van der Waals surface area contributed by atoms with Gasteiger partial charge in [-0.25, -0.2) is 9.18 Å². The maximum absolute atomic E-state index is 13.0. The monoisotopic (exact) mass is 240 g/mol. The molecule has 0 N–H and O–H groups in total. The van der Waals surface area contributed by atoms with Crippen LogP contribution in [0.5, 0.6) is 5.75 Å². The standard InChI is InChI=1S/C12H13FO4/c1-3-16-12(15)7-17-11-6-9(13)4-5-10(11)8(2)14/h4-6H,3,7H2,1-2H3. The van der Waals surface area contributed by atoms with Gasteiger partial charge in [-0.3, -0.25) is 4.79 Å². The van der Waals surface area contributed by atoms with Gasteiger partial charge in [-0.1, -0.05) is 0 Å². The molecule has 0 aliphatic heterocycles. The Hall–Kier alpha value is -1.91. The fraction of sp³-hybridized carbons (Fsp3) is 0.333. The van der Waals surface area contributed by atoms with Crippen molar-refractivity contribution in [3.63, 3.8) is 0 Å². The minimum Gasteiger partial charge on any atom is -0.481 e. The van der Waals surface area contributed by atoms with Gasteiger partial charge in [0, 0.05) is 6.07 Å². The van der Waals surface area contributed by atoms with Crippen LogP contribution in [0.15, 0.2) is 18.2 Å². The van der Waals surface area contributed by atoms with Crippen molar-refractivity contribution in [2.45, 2.75) is 13.8 Å². The van der Waals surface area contributed by atoms with Crippen molar-refractivity contribution in [3.05, 3.63) is 29.6 Å². The number of Topliss-reactive ketones (excluding diaryl/α,β-unsaturated/α-hetero) is 1. The molecule has 0 aromatic heterocycles. The summed E-state index contributed by atoms with van der Waals surface area (Å²) in [5.74, 6) is -1.31. The molecule has 0 heterocycles. The molecule has 1 aromatic rings. The molecule has 0 aliphatic rings. The van der Waals surface area contributed by atoms with E-state index in [-0.39, 0.29) is 30.3 Å². The minimum atomic E-state index is -0.564. The largest absolute Gasteiger partial charge is 0.481 e. The quantitative estimate of drug-likeness (QED) is 0.583. The Morgan fingerprint density at radius 1 is 1.35 bits per heavy atom. The van der Waals surface area contributed by atoms with Gasteiger partial charge in [0.25, 0.3) is 0 Å². The van der Waals surface area contributed by atoms with Crippen LogP contribution in [0.1, 0.15) is 24.2 Å². The van der Waals surface area contributed by atoms with E-state index in [9.17, 15) is 14.0 Å². The highest BCUT2D eigenvalue weighted by Crippen LogP contribution is 2.20. The molecule has 1 rings (SSSR count). The Morgan fingerprint density at radius 2 is 2.06 bits per heavy atom. The molecule has 0 saturated carbocycles. The first kappa shape index (κ1) is 13.2. The Balaban J connectivity index is 2.78. The topological polar surface area (TPSA) is 52.6 Å². The van der Waals surface area contributed by atoms with Crippen molar-refractivity contribution in [3.8, 4) is 5.75 Å². The SMILES string of the molecule is CCOC(=O)COc1cc(F)ccc1C(C)=O. The molecule has 0 spiro atoms. The highest BCUT2D eigenvalue weighted by molar-refractivity contribution is 5.96.